The standard InChI is InChI=1S/C24H18Br3NO/c25-19-8-10-21(11-9-19)28-14-18-12-20(26)13-23(27)24(18)29-15-17-6-3-5-16-4-1-2-7-22(16)17/h1-13,28H,14-15H2. The van der Waals surface area contributed by atoms with Crippen molar-refractivity contribution < 1.29 is 4.74 Å². The molecular weight excluding hydrogens is 558 g/mol. The maximum absolute atomic E-state index is 6.31. The Balaban J connectivity index is 1.57. The van der Waals surface area contributed by atoms with Crippen LogP contribution in [0, 0.1) is 0 Å². The van der Waals surface area contributed by atoms with E-state index in [1.54, 1.807) is 0 Å². The van der Waals surface area contributed by atoms with Crippen molar-refractivity contribution in [1.82, 2.24) is 0 Å². The Hall–Kier alpha value is -1.82. The summed E-state index contributed by atoms with van der Waals surface area (Å²) in [5.41, 5.74) is 3.31. The maximum Gasteiger partial charge on any atom is 0.139 e. The highest BCUT2D eigenvalue weighted by atomic mass is 79.9. The zero-order valence-corrected chi connectivity index (χ0v) is 20.2. The molecule has 4 rings (SSSR count). The lowest BCUT2D eigenvalue weighted by atomic mass is 10.1. The number of halogens is 3. The van der Waals surface area contributed by atoms with Gasteiger partial charge >= 0.3 is 0 Å². The Labute approximate surface area is 195 Å². The van der Waals surface area contributed by atoms with Crippen molar-refractivity contribution in [2.45, 2.75) is 13.2 Å². The van der Waals surface area contributed by atoms with E-state index in [4.69, 9.17) is 4.74 Å². The van der Waals surface area contributed by atoms with Crippen LogP contribution in [-0.2, 0) is 13.2 Å². The summed E-state index contributed by atoms with van der Waals surface area (Å²) in [6.07, 6.45) is 0. The summed E-state index contributed by atoms with van der Waals surface area (Å²) in [4.78, 5) is 0. The average Bonchev–Trinajstić information content (AvgIpc) is 2.72. The van der Waals surface area contributed by atoms with Gasteiger partial charge in [0.05, 0.1) is 4.47 Å². The second kappa shape index (κ2) is 9.33. The lowest BCUT2D eigenvalue weighted by Gasteiger charge is -2.16. The molecule has 4 aromatic carbocycles. The van der Waals surface area contributed by atoms with E-state index < -0.39 is 0 Å². The Morgan fingerprint density at radius 2 is 1.48 bits per heavy atom. The molecule has 0 unspecified atom stereocenters. The van der Waals surface area contributed by atoms with Crippen LogP contribution in [0.4, 0.5) is 5.69 Å². The van der Waals surface area contributed by atoms with Gasteiger partial charge in [0.25, 0.3) is 0 Å². The summed E-state index contributed by atoms with van der Waals surface area (Å²) in [6.45, 7) is 1.16. The molecule has 0 aliphatic heterocycles. The third-order valence-electron chi connectivity index (χ3n) is 4.66. The highest BCUT2D eigenvalue weighted by Gasteiger charge is 2.12. The average molecular weight is 576 g/mol. The minimum absolute atomic E-state index is 0.507. The molecule has 0 aliphatic rings. The van der Waals surface area contributed by atoms with Gasteiger partial charge in [-0.25, -0.2) is 0 Å². The molecule has 0 aromatic heterocycles. The number of anilines is 1. The fourth-order valence-corrected chi connectivity index (χ4v) is 4.93. The summed E-state index contributed by atoms with van der Waals surface area (Å²) >= 11 is 10.7. The van der Waals surface area contributed by atoms with Crippen molar-refractivity contribution in [2.75, 3.05) is 5.32 Å². The SMILES string of the molecule is Brc1ccc(NCc2cc(Br)cc(Br)c2OCc2cccc3ccccc23)cc1. The third-order valence-corrected chi connectivity index (χ3v) is 6.24. The quantitative estimate of drug-likeness (QED) is 0.250. The summed E-state index contributed by atoms with van der Waals surface area (Å²) in [5, 5.41) is 5.91. The molecule has 5 heteroatoms. The van der Waals surface area contributed by atoms with Crippen molar-refractivity contribution in [3.63, 3.8) is 0 Å². The summed E-state index contributed by atoms with van der Waals surface area (Å²) in [7, 11) is 0. The van der Waals surface area contributed by atoms with E-state index >= 15 is 0 Å². The zero-order chi connectivity index (χ0) is 20.2. The van der Waals surface area contributed by atoms with Crippen LogP contribution in [0.5, 0.6) is 5.75 Å². The zero-order valence-electron chi connectivity index (χ0n) is 15.5. The smallest absolute Gasteiger partial charge is 0.139 e. The Morgan fingerprint density at radius 1 is 0.724 bits per heavy atom. The van der Waals surface area contributed by atoms with Gasteiger partial charge < -0.3 is 10.1 Å². The molecule has 0 spiro atoms. The van der Waals surface area contributed by atoms with Gasteiger partial charge in [-0.2, -0.15) is 0 Å². The molecule has 2 nitrogen and oxygen atoms in total. The highest BCUT2D eigenvalue weighted by molar-refractivity contribution is 9.11. The van der Waals surface area contributed by atoms with Crippen LogP contribution in [-0.4, -0.2) is 0 Å². The topological polar surface area (TPSA) is 21.3 Å². The van der Waals surface area contributed by atoms with Crippen LogP contribution in [0.15, 0.2) is 92.3 Å². The monoisotopic (exact) mass is 573 g/mol. The molecule has 0 fully saturated rings. The maximum atomic E-state index is 6.31. The highest BCUT2D eigenvalue weighted by Crippen LogP contribution is 2.34. The minimum atomic E-state index is 0.507. The van der Waals surface area contributed by atoms with Gasteiger partial charge in [0, 0.05) is 26.7 Å². The molecule has 146 valence electrons. The first-order valence-electron chi connectivity index (χ1n) is 9.17. The van der Waals surface area contributed by atoms with Gasteiger partial charge in [0.1, 0.15) is 12.4 Å². The van der Waals surface area contributed by atoms with E-state index in [0.29, 0.717) is 13.2 Å². The molecule has 29 heavy (non-hydrogen) atoms. The van der Waals surface area contributed by atoms with Crippen LogP contribution in [0.1, 0.15) is 11.1 Å². The van der Waals surface area contributed by atoms with Crippen LogP contribution in [0.2, 0.25) is 0 Å². The molecule has 0 saturated carbocycles. The van der Waals surface area contributed by atoms with E-state index in [-0.39, 0.29) is 0 Å². The minimum Gasteiger partial charge on any atom is -0.487 e. The molecule has 0 atom stereocenters. The van der Waals surface area contributed by atoms with Crippen LogP contribution < -0.4 is 10.1 Å². The van der Waals surface area contributed by atoms with E-state index in [0.717, 1.165) is 30.4 Å². The van der Waals surface area contributed by atoms with Gasteiger partial charge in [-0.15, -0.1) is 0 Å². The van der Waals surface area contributed by atoms with E-state index in [2.05, 4.69) is 102 Å². The summed E-state index contributed by atoms with van der Waals surface area (Å²) < 4.78 is 9.31. The lowest BCUT2D eigenvalue weighted by Crippen LogP contribution is -2.05. The number of benzene rings is 4. The fraction of sp³-hybridized carbons (Fsp3) is 0.0833. The molecule has 0 saturated heterocycles. The first kappa shape index (κ1) is 20.5. The predicted molar refractivity (Wildman–Crippen MR) is 132 cm³/mol. The van der Waals surface area contributed by atoms with Gasteiger partial charge in [-0.3, -0.25) is 0 Å². The molecule has 0 aliphatic carbocycles. The first-order valence-corrected chi connectivity index (χ1v) is 11.5. The second-order valence-electron chi connectivity index (χ2n) is 6.66. The predicted octanol–water partition coefficient (Wildman–Crippen LogP) is 8.32. The second-order valence-corrected chi connectivity index (χ2v) is 9.35. The number of ether oxygens (including phenoxy) is 1. The Morgan fingerprint density at radius 3 is 2.31 bits per heavy atom. The number of nitrogens with one attached hydrogen (secondary N) is 1. The number of hydrogen-bond acceptors (Lipinski definition) is 2. The lowest BCUT2D eigenvalue weighted by molar-refractivity contribution is 0.302. The number of hydrogen-bond donors (Lipinski definition) is 1. The van der Waals surface area contributed by atoms with Crippen LogP contribution in [0.3, 0.4) is 0 Å². The largest absolute Gasteiger partial charge is 0.487 e. The van der Waals surface area contributed by atoms with Crippen LogP contribution >= 0.6 is 47.8 Å². The Bertz CT molecular complexity index is 1140. The molecule has 0 bridgehead atoms. The van der Waals surface area contributed by atoms with Gasteiger partial charge in [0.15, 0.2) is 0 Å². The number of rotatable bonds is 6. The summed E-state index contributed by atoms with van der Waals surface area (Å²) in [5.74, 6) is 0.853. The summed E-state index contributed by atoms with van der Waals surface area (Å²) in [6, 6.07) is 27.0. The first-order chi connectivity index (χ1) is 14.1. The molecule has 1 N–H and O–H groups in total. The third kappa shape index (κ3) is 5.03. The van der Waals surface area contributed by atoms with Gasteiger partial charge in [-0.05, 0) is 68.7 Å². The normalized spacial score (nSPS) is 10.9. The van der Waals surface area contributed by atoms with Gasteiger partial charge in [-0.1, -0.05) is 74.3 Å². The van der Waals surface area contributed by atoms with E-state index in [1.165, 1.54) is 16.3 Å². The van der Waals surface area contributed by atoms with E-state index in [1.807, 2.05) is 30.3 Å². The number of fused-ring (bicyclic) bond motifs is 1. The molecule has 0 amide bonds. The van der Waals surface area contributed by atoms with Gasteiger partial charge in [0.2, 0.25) is 0 Å². The molecule has 0 radical (unpaired) electrons. The van der Waals surface area contributed by atoms with Crippen molar-refractivity contribution >= 4 is 64.2 Å². The van der Waals surface area contributed by atoms with Crippen LogP contribution in [0.25, 0.3) is 10.8 Å². The molecular formula is C24H18Br3NO. The van der Waals surface area contributed by atoms with Crippen molar-refractivity contribution in [1.29, 1.82) is 0 Å². The van der Waals surface area contributed by atoms with Crippen molar-refractivity contribution in [3.05, 3.63) is 103 Å². The van der Waals surface area contributed by atoms with Crippen molar-refractivity contribution in [2.24, 2.45) is 0 Å². The Kier molecular flexibility index (Phi) is 6.58. The molecule has 4 aromatic rings. The fourth-order valence-electron chi connectivity index (χ4n) is 3.24. The molecule has 0 heterocycles. The van der Waals surface area contributed by atoms with E-state index in [9.17, 15) is 0 Å². The van der Waals surface area contributed by atoms with Crippen molar-refractivity contribution in [3.8, 4) is 5.75 Å².